The van der Waals surface area contributed by atoms with Gasteiger partial charge in [0.05, 0.1) is 11.7 Å². The Bertz CT molecular complexity index is 866. The molecular formula is C22H22ClN3. The second-order valence-electron chi connectivity index (χ2n) is 6.81. The molecule has 0 amide bonds. The van der Waals surface area contributed by atoms with Crippen LogP contribution in [0.2, 0.25) is 5.02 Å². The van der Waals surface area contributed by atoms with Crippen molar-refractivity contribution in [2.24, 2.45) is 0 Å². The first-order valence-corrected chi connectivity index (χ1v) is 9.49. The van der Waals surface area contributed by atoms with Gasteiger partial charge in [0.1, 0.15) is 0 Å². The molecule has 4 heteroatoms. The van der Waals surface area contributed by atoms with Crippen LogP contribution in [0, 0.1) is 0 Å². The molecule has 26 heavy (non-hydrogen) atoms. The molecule has 0 unspecified atom stereocenters. The van der Waals surface area contributed by atoms with Gasteiger partial charge in [-0.1, -0.05) is 41.9 Å². The molecule has 1 atom stereocenters. The molecule has 4 rings (SSSR count). The Morgan fingerprint density at radius 1 is 1.04 bits per heavy atom. The minimum Gasteiger partial charge on any atom is -0.290 e. The first-order chi connectivity index (χ1) is 12.8. The molecule has 3 heterocycles. The van der Waals surface area contributed by atoms with Gasteiger partial charge in [-0.05, 0) is 54.8 Å². The van der Waals surface area contributed by atoms with Crippen LogP contribution in [0.4, 0.5) is 0 Å². The van der Waals surface area contributed by atoms with E-state index in [0.29, 0.717) is 6.04 Å². The largest absolute Gasteiger partial charge is 0.290 e. The third-order valence-electron chi connectivity index (χ3n) is 4.97. The minimum atomic E-state index is 0.376. The highest BCUT2D eigenvalue weighted by Gasteiger charge is 2.27. The van der Waals surface area contributed by atoms with Crippen molar-refractivity contribution in [3.05, 3.63) is 94.5 Å². The number of likely N-dealkylation sites (tertiary alicyclic amines) is 1. The van der Waals surface area contributed by atoms with Crippen LogP contribution in [0.5, 0.6) is 0 Å². The van der Waals surface area contributed by atoms with Crippen LogP contribution < -0.4 is 0 Å². The molecule has 3 aromatic rings. The molecule has 1 fully saturated rings. The van der Waals surface area contributed by atoms with E-state index in [0.717, 1.165) is 47.9 Å². The second kappa shape index (κ2) is 7.98. The van der Waals surface area contributed by atoms with Gasteiger partial charge in [-0.3, -0.25) is 14.9 Å². The molecule has 0 saturated carbocycles. The molecule has 1 aromatic carbocycles. The van der Waals surface area contributed by atoms with Crippen LogP contribution >= 0.6 is 11.6 Å². The van der Waals surface area contributed by atoms with E-state index >= 15 is 0 Å². The van der Waals surface area contributed by atoms with E-state index in [-0.39, 0.29) is 0 Å². The highest BCUT2D eigenvalue weighted by atomic mass is 35.5. The Morgan fingerprint density at radius 3 is 2.81 bits per heavy atom. The van der Waals surface area contributed by atoms with Gasteiger partial charge in [0, 0.05) is 36.1 Å². The summed E-state index contributed by atoms with van der Waals surface area (Å²) in [5.41, 5.74) is 4.61. The molecule has 0 spiro atoms. The smallest absolute Gasteiger partial charge is 0.0578 e. The number of halogens is 1. The summed E-state index contributed by atoms with van der Waals surface area (Å²) in [5.74, 6) is 0. The molecule has 0 aliphatic carbocycles. The van der Waals surface area contributed by atoms with Crippen molar-refractivity contribution in [3.63, 3.8) is 0 Å². The van der Waals surface area contributed by atoms with E-state index in [1.807, 2.05) is 36.7 Å². The molecule has 1 aliphatic heterocycles. The molecule has 0 N–H and O–H groups in total. The van der Waals surface area contributed by atoms with E-state index in [4.69, 9.17) is 16.6 Å². The van der Waals surface area contributed by atoms with Crippen LogP contribution in [0.1, 0.15) is 41.4 Å². The van der Waals surface area contributed by atoms with Crippen LogP contribution in [-0.2, 0) is 13.0 Å². The number of rotatable bonds is 5. The lowest BCUT2D eigenvalue weighted by molar-refractivity contribution is 0.244. The lowest BCUT2D eigenvalue weighted by Gasteiger charge is -2.24. The van der Waals surface area contributed by atoms with E-state index in [1.54, 1.807) is 0 Å². The summed E-state index contributed by atoms with van der Waals surface area (Å²) in [4.78, 5) is 11.7. The van der Waals surface area contributed by atoms with Crippen molar-refractivity contribution < 1.29 is 0 Å². The summed E-state index contributed by atoms with van der Waals surface area (Å²) in [5, 5.41) is 0.804. The Balaban J connectivity index is 1.53. The van der Waals surface area contributed by atoms with E-state index in [1.165, 1.54) is 12.0 Å². The number of pyridine rings is 2. The quantitative estimate of drug-likeness (QED) is 0.634. The van der Waals surface area contributed by atoms with E-state index in [9.17, 15) is 0 Å². The van der Waals surface area contributed by atoms with Crippen LogP contribution in [0.15, 0.2) is 67.0 Å². The van der Waals surface area contributed by atoms with Crippen LogP contribution in [0.25, 0.3) is 0 Å². The van der Waals surface area contributed by atoms with Crippen molar-refractivity contribution in [3.8, 4) is 0 Å². The third-order valence-corrected chi connectivity index (χ3v) is 5.34. The Kier molecular flexibility index (Phi) is 5.28. The zero-order chi connectivity index (χ0) is 17.8. The molecule has 0 bridgehead atoms. The Morgan fingerprint density at radius 2 is 1.96 bits per heavy atom. The average molecular weight is 364 g/mol. The van der Waals surface area contributed by atoms with Crippen molar-refractivity contribution in [2.75, 3.05) is 6.54 Å². The SMILES string of the molecule is Clc1ccccc1Cc1cccc([C@H]2CCCN2Cc2cccnc2)n1. The molecule has 2 aromatic heterocycles. The van der Waals surface area contributed by atoms with Gasteiger partial charge < -0.3 is 0 Å². The maximum absolute atomic E-state index is 6.31. The summed E-state index contributed by atoms with van der Waals surface area (Å²) in [6.45, 7) is 2.03. The number of nitrogens with zero attached hydrogens (tertiary/aromatic N) is 3. The molecular weight excluding hydrogens is 342 g/mol. The summed E-state index contributed by atoms with van der Waals surface area (Å²) in [6, 6.07) is 18.9. The minimum absolute atomic E-state index is 0.376. The fourth-order valence-corrected chi connectivity index (χ4v) is 3.90. The zero-order valence-corrected chi connectivity index (χ0v) is 15.4. The standard InChI is InChI=1S/C22H22ClN3/c23-20-9-2-1-7-18(20)14-19-8-3-10-21(25-19)22-11-5-13-26(22)16-17-6-4-12-24-15-17/h1-4,6-10,12,15,22H,5,11,13-14,16H2/t22-/m1/s1. The monoisotopic (exact) mass is 363 g/mol. The van der Waals surface area contributed by atoms with Crippen molar-refractivity contribution in [2.45, 2.75) is 31.8 Å². The molecule has 3 nitrogen and oxygen atoms in total. The molecule has 1 aliphatic rings. The first kappa shape index (κ1) is 17.2. The molecule has 0 radical (unpaired) electrons. The summed E-state index contributed by atoms with van der Waals surface area (Å²) in [7, 11) is 0. The predicted molar refractivity (Wildman–Crippen MR) is 105 cm³/mol. The van der Waals surface area contributed by atoms with E-state index in [2.05, 4.69) is 40.2 Å². The van der Waals surface area contributed by atoms with Crippen molar-refractivity contribution in [1.29, 1.82) is 0 Å². The lowest BCUT2D eigenvalue weighted by Crippen LogP contribution is -2.23. The van der Waals surface area contributed by atoms with Gasteiger partial charge in [0.2, 0.25) is 0 Å². The fraction of sp³-hybridized carbons (Fsp3) is 0.273. The number of benzene rings is 1. The van der Waals surface area contributed by atoms with E-state index < -0.39 is 0 Å². The summed E-state index contributed by atoms with van der Waals surface area (Å²) in [6.07, 6.45) is 6.91. The number of hydrogen-bond acceptors (Lipinski definition) is 3. The highest BCUT2D eigenvalue weighted by Crippen LogP contribution is 2.32. The van der Waals surface area contributed by atoms with Gasteiger partial charge in [-0.2, -0.15) is 0 Å². The topological polar surface area (TPSA) is 29.0 Å². The van der Waals surface area contributed by atoms with Crippen molar-refractivity contribution in [1.82, 2.24) is 14.9 Å². The Hall–Kier alpha value is -2.23. The highest BCUT2D eigenvalue weighted by molar-refractivity contribution is 6.31. The molecule has 132 valence electrons. The molecule has 1 saturated heterocycles. The van der Waals surface area contributed by atoms with Crippen LogP contribution in [0.3, 0.4) is 0 Å². The first-order valence-electron chi connectivity index (χ1n) is 9.12. The zero-order valence-electron chi connectivity index (χ0n) is 14.7. The Labute approximate surface area is 159 Å². The van der Waals surface area contributed by atoms with Crippen molar-refractivity contribution >= 4 is 11.6 Å². The summed E-state index contributed by atoms with van der Waals surface area (Å²) >= 11 is 6.31. The van der Waals surface area contributed by atoms with Gasteiger partial charge in [0.15, 0.2) is 0 Å². The maximum Gasteiger partial charge on any atom is 0.0578 e. The number of aromatic nitrogens is 2. The normalized spacial score (nSPS) is 17.5. The predicted octanol–water partition coefficient (Wildman–Crippen LogP) is 5.06. The summed E-state index contributed by atoms with van der Waals surface area (Å²) < 4.78 is 0. The fourth-order valence-electron chi connectivity index (χ4n) is 3.70. The van der Waals surface area contributed by atoms with Crippen LogP contribution in [-0.4, -0.2) is 21.4 Å². The third kappa shape index (κ3) is 3.95. The van der Waals surface area contributed by atoms with Gasteiger partial charge in [-0.25, -0.2) is 0 Å². The lowest BCUT2D eigenvalue weighted by atomic mass is 10.1. The maximum atomic E-state index is 6.31. The van der Waals surface area contributed by atoms with Gasteiger partial charge in [0.25, 0.3) is 0 Å². The van der Waals surface area contributed by atoms with Gasteiger partial charge >= 0.3 is 0 Å². The average Bonchev–Trinajstić information content (AvgIpc) is 3.13. The van der Waals surface area contributed by atoms with Gasteiger partial charge in [-0.15, -0.1) is 0 Å². The number of hydrogen-bond donors (Lipinski definition) is 0. The second-order valence-corrected chi connectivity index (χ2v) is 7.22.